The number of hydrogen-bond acceptors (Lipinski definition) is 5. The number of benzene rings is 3. The molecule has 0 aliphatic rings. The second-order valence-electron chi connectivity index (χ2n) is 6.43. The predicted molar refractivity (Wildman–Crippen MR) is 109 cm³/mol. The van der Waals surface area contributed by atoms with Gasteiger partial charge in [0.1, 0.15) is 11.4 Å². The summed E-state index contributed by atoms with van der Waals surface area (Å²) in [5.74, 6) is 0.679. The highest BCUT2D eigenvalue weighted by Crippen LogP contribution is 2.31. The van der Waals surface area contributed by atoms with E-state index in [9.17, 15) is 8.42 Å². The molecule has 0 N–H and O–H groups in total. The average molecular weight is 405 g/mol. The van der Waals surface area contributed by atoms with Crippen molar-refractivity contribution < 1.29 is 13.2 Å². The van der Waals surface area contributed by atoms with Crippen LogP contribution in [0.5, 0.6) is 5.75 Å². The Labute approximate surface area is 169 Å². The van der Waals surface area contributed by atoms with Crippen LogP contribution in [0.2, 0.25) is 0 Å². The minimum absolute atomic E-state index is 0.0673. The van der Waals surface area contributed by atoms with Crippen LogP contribution in [-0.2, 0) is 16.4 Å². The molecule has 0 saturated heterocycles. The molecule has 0 fully saturated rings. The van der Waals surface area contributed by atoms with Crippen LogP contribution in [0.4, 0.5) is 0 Å². The summed E-state index contributed by atoms with van der Waals surface area (Å²) in [4.78, 5) is 0.200. The quantitative estimate of drug-likeness (QED) is 0.487. The zero-order valence-corrected chi connectivity index (χ0v) is 16.6. The highest BCUT2D eigenvalue weighted by molar-refractivity contribution is 7.91. The van der Waals surface area contributed by atoms with E-state index in [0.717, 1.165) is 5.56 Å². The van der Waals surface area contributed by atoms with E-state index in [4.69, 9.17) is 4.74 Å². The lowest BCUT2D eigenvalue weighted by Gasteiger charge is -2.10. The van der Waals surface area contributed by atoms with E-state index in [0.29, 0.717) is 23.6 Å². The van der Waals surface area contributed by atoms with Gasteiger partial charge in [0.05, 0.1) is 18.6 Å². The van der Waals surface area contributed by atoms with Gasteiger partial charge in [-0.25, -0.2) is 13.1 Å². The number of hydrogen-bond donors (Lipinski definition) is 0. The molecule has 0 aliphatic heterocycles. The maximum Gasteiger partial charge on any atom is 0.225 e. The van der Waals surface area contributed by atoms with E-state index in [1.54, 1.807) is 61.7 Å². The molecule has 0 atom stereocenters. The highest BCUT2D eigenvalue weighted by atomic mass is 32.2. The third kappa shape index (κ3) is 3.77. The average Bonchev–Trinajstić information content (AvgIpc) is 3.19. The summed E-state index contributed by atoms with van der Waals surface area (Å²) in [6, 6.07) is 25.0. The van der Waals surface area contributed by atoms with Gasteiger partial charge in [-0.05, 0) is 42.0 Å². The Morgan fingerprint density at radius 1 is 0.862 bits per heavy atom. The van der Waals surface area contributed by atoms with E-state index in [1.807, 2.05) is 30.3 Å². The minimum atomic E-state index is -3.83. The van der Waals surface area contributed by atoms with Crippen LogP contribution in [0, 0.1) is 0 Å². The second-order valence-corrected chi connectivity index (χ2v) is 8.30. The maximum absolute atomic E-state index is 13.5. The molecule has 4 rings (SSSR count). The van der Waals surface area contributed by atoms with Gasteiger partial charge in [0, 0.05) is 5.56 Å². The van der Waals surface area contributed by atoms with Crippen LogP contribution in [0.25, 0.3) is 11.3 Å². The molecule has 3 aromatic carbocycles. The molecule has 4 aromatic rings. The normalized spacial score (nSPS) is 11.3. The Balaban J connectivity index is 1.88. The lowest BCUT2D eigenvalue weighted by Crippen LogP contribution is -2.13. The van der Waals surface area contributed by atoms with Crippen LogP contribution in [-0.4, -0.2) is 30.5 Å². The van der Waals surface area contributed by atoms with E-state index in [-0.39, 0.29) is 9.92 Å². The molecule has 6 nitrogen and oxygen atoms in total. The van der Waals surface area contributed by atoms with Crippen LogP contribution >= 0.6 is 0 Å². The molecule has 0 aliphatic carbocycles. The largest absolute Gasteiger partial charge is 0.497 e. The lowest BCUT2D eigenvalue weighted by atomic mass is 10.1. The van der Waals surface area contributed by atoms with E-state index in [1.165, 1.54) is 4.68 Å². The summed E-state index contributed by atoms with van der Waals surface area (Å²) >= 11 is 0. The summed E-state index contributed by atoms with van der Waals surface area (Å²) in [5.41, 5.74) is 1.90. The summed E-state index contributed by atoms with van der Waals surface area (Å²) in [5, 5.41) is 8.47. The first kappa shape index (κ1) is 18.9. The molecule has 0 bridgehead atoms. The number of rotatable bonds is 6. The SMILES string of the molecule is COc1ccc(-c2nnn(Cc3ccccc3)c2S(=O)(=O)c2ccccc2)cc1. The molecule has 7 heteroatoms. The smallest absolute Gasteiger partial charge is 0.225 e. The van der Waals surface area contributed by atoms with Gasteiger partial charge < -0.3 is 4.74 Å². The Kier molecular flexibility index (Phi) is 5.14. The van der Waals surface area contributed by atoms with Crippen molar-refractivity contribution in [1.82, 2.24) is 15.0 Å². The molecule has 0 saturated carbocycles. The van der Waals surface area contributed by atoms with Crippen LogP contribution < -0.4 is 4.74 Å². The summed E-state index contributed by atoms with van der Waals surface area (Å²) in [6.45, 7) is 0.297. The summed E-state index contributed by atoms with van der Waals surface area (Å²) in [6.07, 6.45) is 0. The number of ether oxygens (including phenoxy) is 1. The molecular weight excluding hydrogens is 386 g/mol. The second kappa shape index (κ2) is 7.89. The van der Waals surface area contributed by atoms with Gasteiger partial charge in [0.25, 0.3) is 0 Å². The zero-order chi connectivity index (χ0) is 20.3. The number of sulfone groups is 1. The minimum Gasteiger partial charge on any atom is -0.497 e. The third-order valence-electron chi connectivity index (χ3n) is 4.54. The van der Waals surface area contributed by atoms with Gasteiger partial charge in [0.15, 0.2) is 5.03 Å². The van der Waals surface area contributed by atoms with Gasteiger partial charge in [-0.1, -0.05) is 53.7 Å². The van der Waals surface area contributed by atoms with Crippen molar-refractivity contribution in [2.75, 3.05) is 7.11 Å². The van der Waals surface area contributed by atoms with Crippen LogP contribution in [0.1, 0.15) is 5.56 Å². The van der Waals surface area contributed by atoms with Gasteiger partial charge in [-0.15, -0.1) is 5.10 Å². The molecule has 1 heterocycles. The standard InChI is InChI=1S/C22H19N3O3S/c1-28-19-14-12-18(13-15-19)21-22(29(26,27)20-10-6-3-7-11-20)25(24-23-21)16-17-8-4-2-5-9-17/h2-15H,16H2,1H3. The Bertz CT molecular complexity index is 1200. The molecule has 0 radical (unpaired) electrons. The summed E-state index contributed by atoms with van der Waals surface area (Å²) < 4.78 is 33.6. The fraction of sp³-hybridized carbons (Fsp3) is 0.0909. The Morgan fingerprint density at radius 3 is 2.10 bits per heavy atom. The van der Waals surface area contributed by atoms with Gasteiger partial charge in [-0.3, -0.25) is 0 Å². The third-order valence-corrected chi connectivity index (χ3v) is 6.34. The Morgan fingerprint density at radius 2 is 1.48 bits per heavy atom. The van der Waals surface area contributed by atoms with Crippen molar-refractivity contribution in [3.8, 4) is 17.0 Å². The maximum atomic E-state index is 13.5. The van der Waals surface area contributed by atoms with E-state index < -0.39 is 9.84 Å². The van der Waals surface area contributed by atoms with Crippen molar-refractivity contribution in [1.29, 1.82) is 0 Å². The van der Waals surface area contributed by atoms with Crippen molar-refractivity contribution >= 4 is 9.84 Å². The first-order valence-electron chi connectivity index (χ1n) is 9.01. The Hall–Kier alpha value is -3.45. The molecule has 1 aromatic heterocycles. The van der Waals surface area contributed by atoms with Crippen molar-refractivity contribution in [2.24, 2.45) is 0 Å². The van der Waals surface area contributed by atoms with Gasteiger partial charge in [-0.2, -0.15) is 0 Å². The number of aromatic nitrogens is 3. The monoisotopic (exact) mass is 405 g/mol. The van der Waals surface area contributed by atoms with E-state index in [2.05, 4.69) is 10.3 Å². The van der Waals surface area contributed by atoms with Crippen molar-refractivity contribution in [2.45, 2.75) is 16.5 Å². The van der Waals surface area contributed by atoms with Crippen LogP contribution in [0.15, 0.2) is 94.9 Å². The molecule has 0 spiro atoms. The van der Waals surface area contributed by atoms with Crippen molar-refractivity contribution in [3.05, 3.63) is 90.5 Å². The molecule has 0 amide bonds. The lowest BCUT2D eigenvalue weighted by molar-refractivity contribution is 0.415. The topological polar surface area (TPSA) is 74.1 Å². The fourth-order valence-electron chi connectivity index (χ4n) is 3.07. The molecule has 146 valence electrons. The van der Waals surface area contributed by atoms with Crippen LogP contribution in [0.3, 0.4) is 0 Å². The highest BCUT2D eigenvalue weighted by Gasteiger charge is 2.29. The first-order valence-corrected chi connectivity index (χ1v) is 10.5. The fourth-order valence-corrected chi connectivity index (χ4v) is 4.60. The summed E-state index contributed by atoms with van der Waals surface area (Å²) in [7, 11) is -2.25. The zero-order valence-electron chi connectivity index (χ0n) is 15.8. The molecule has 29 heavy (non-hydrogen) atoms. The molecular formula is C22H19N3O3S. The number of methoxy groups -OCH3 is 1. The van der Waals surface area contributed by atoms with E-state index >= 15 is 0 Å². The van der Waals surface area contributed by atoms with Crippen molar-refractivity contribution in [3.63, 3.8) is 0 Å². The predicted octanol–water partition coefficient (Wildman–Crippen LogP) is 3.83. The molecule has 0 unspecified atom stereocenters. The van der Waals surface area contributed by atoms with Gasteiger partial charge >= 0.3 is 0 Å². The number of nitrogens with zero attached hydrogens (tertiary/aromatic N) is 3. The first-order chi connectivity index (χ1) is 14.1. The van der Waals surface area contributed by atoms with Gasteiger partial charge in [0.2, 0.25) is 9.84 Å².